The highest BCUT2D eigenvalue weighted by molar-refractivity contribution is 7.81. The largest absolute Gasteiger partial charge is 0.465 e. The van der Waals surface area contributed by atoms with Crippen molar-refractivity contribution in [3.8, 4) is 0 Å². The van der Waals surface area contributed by atoms with Crippen LogP contribution >= 0.6 is 47.4 Å². The van der Waals surface area contributed by atoms with Gasteiger partial charge in [-0.05, 0) is 60.3 Å². The molecule has 0 radical (unpaired) electrons. The first-order valence-corrected chi connectivity index (χ1v) is 11.1. The van der Waals surface area contributed by atoms with Gasteiger partial charge in [0.2, 0.25) is 0 Å². The molecule has 1 aromatic heterocycles. The van der Waals surface area contributed by atoms with Crippen molar-refractivity contribution in [2.24, 2.45) is 0 Å². The van der Waals surface area contributed by atoms with E-state index < -0.39 is 5.97 Å². The number of anilines is 2. The highest BCUT2D eigenvalue weighted by Crippen LogP contribution is 2.30. The molecule has 0 saturated carbocycles. The van der Waals surface area contributed by atoms with Crippen LogP contribution in [0, 0.1) is 0 Å². The van der Waals surface area contributed by atoms with Gasteiger partial charge in [-0.2, -0.15) is 0 Å². The summed E-state index contributed by atoms with van der Waals surface area (Å²) < 4.78 is 4.90. The molecule has 0 saturated heterocycles. The lowest BCUT2D eigenvalue weighted by molar-refractivity contribution is 0.0602. The molecule has 0 spiro atoms. The van der Waals surface area contributed by atoms with E-state index in [4.69, 9.17) is 40.8 Å². The van der Waals surface area contributed by atoms with Crippen molar-refractivity contribution in [2.75, 3.05) is 17.7 Å². The van der Waals surface area contributed by atoms with Crippen LogP contribution in [0.5, 0.6) is 0 Å². The zero-order valence-electron chi connectivity index (χ0n) is 16.4. The summed E-state index contributed by atoms with van der Waals surface area (Å²) >= 11 is 17.9. The summed E-state index contributed by atoms with van der Waals surface area (Å²) in [5, 5.41) is 7.82. The lowest BCUT2D eigenvalue weighted by Gasteiger charge is -2.14. The summed E-state index contributed by atoms with van der Waals surface area (Å²) in [7, 11) is 1.35. The van der Waals surface area contributed by atoms with E-state index in [-0.39, 0.29) is 5.11 Å². The number of esters is 1. The molecule has 6 nitrogen and oxygen atoms in total. The SMILES string of the molecule is COC(=O)c1cc(Cc2ccccc2)sc1NC(=S)NNC(=S)Nc1ccc(Cl)cc1. The zero-order valence-corrected chi connectivity index (χ0v) is 19.6. The molecule has 0 atom stereocenters. The zero-order chi connectivity index (χ0) is 22.2. The Kier molecular flexibility index (Phi) is 8.19. The Morgan fingerprint density at radius 2 is 1.65 bits per heavy atom. The standard InChI is InChI=1S/C21H19ClN4O2S3/c1-28-19(27)17-12-16(11-13-5-3-2-4-6-13)31-18(17)24-21(30)26-25-20(29)23-15-9-7-14(22)8-10-15/h2-10,12H,11H2,1H3,(H2,23,25,29)(H2,24,26,30). The molecular weight excluding hydrogens is 472 g/mol. The number of hydrazine groups is 1. The van der Waals surface area contributed by atoms with Crippen LogP contribution in [-0.2, 0) is 11.2 Å². The number of thiophene rings is 1. The number of halogens is 1. The van der Waals surface area contributed by atoms with E-state index in [1.54, 1.807) is 24.3 Å². The minimum absolute atomic E-state index is 0.249. The van der Waals surface area contributed by atoms with E-state index in [0.29, 0.717) is 27.1 Å². The molecule has 4 N–H and O–H groups in total. The summed E-state index contributed by atoms with van der Waals surface area (Å²) in [6.07, 6.45) is 0.699. The second-order valence-electron chi connectivity index (χ2n) is 6.27. The third kappa shape index (κ3) is 6.90. The first kappa shape index (κ1) is 23.0. The van der Waals surface area contributed by atoms with Gasteiger partial charge in [-0.15, -0.1) is 11.3 Å². The molecule has 3 aromatic rings. The van der Waals surface area contributed by atoms with Crippen molar-refractivity contribution in [3.05, 3.63) is 81.7 Å². The van der Waals surface area contributed by atoms with E-state index in [1.807, 2.05) is 36.4 Å². The third-order valence-corrected chi connectivity index (χ3v) is 5.74. The maximum absolute atomic E-state index is 12.2. The van der Waals surface area contributed by atoms with Crippen LogP contribution in [0.4, 0.5) is 10.7 Å². The van der Waals surface area contributed by atoms with E-state index >= 15 is 0 Å². The smallest absolute Gasteiger partial charge is 0.340 e. The highest BCUT2D eigenvalue weighted by Gasteiger charge is 2.18. The number of benzene rings is 2. The van der Waals surface area contributed by atoms with Crippen molar-refractivity contribution < 1.29 is 9.53 Å². The second kappa shape index (κ2) is 11.1. The predicted octanol–water partition coefficient (Wildman–Crippen LogP) is 4.97. The van der Waals surface area contributed by atoms with Crippen LogP contribution < -0.4 is 21.5 Å². The van der Waals surface area contributed by atoms with Gasteiger partial charge in [0, 0.05) is 22.0 Å². The topological polar surface area (TPSA) is 74.4 Å². The molecule has 0 fully saturated rings. The van der Waals surface area contributed by atoms with Gasteiger partial charge in [-0.3, -0.25) is 10.9 Å². The van der Waals surface area contributed by atoms with E-state index in [9.17, 15) is 4.79 Å². The summed E-state index contributed by atoms with van der Waals surface area (Å²) in [4.78, 5) is 13.2. The fraction of sp³-hybridized carbons (Fsp3) is 0.0952. The lowest BCUT2D eigenvalue weighted by atomic mass is 10.1. The molecule has 1 heterocycles. The molecule has 10 heteroatoms. The summed E-state index contributed by atoms with van der Waals surface area (Å²) in [6, 6.07) is 18.9. The number of rotatable bonds is 5. The number of carbonyl (C=O) groups excluding carboxylic acids is 1. The molecular formula is C21H19ClN4O2S3. The van der Waals surface area contributed by atoms with Crippen LogP contribution in [-0.4, -0.2) is 23.3 Å². The Labute approximate surface area is 199 Å². The molecule has 160 valence electrons. The van der Waals surface area contributed by atoms with Crippen LogP contribution in [0.3, 0.4) is 0 Å². The quantitative estimate of drug-likeness (QED) is 0.227. The Morgan fingerprint density at radius 1 is 1.00 bits per heavy atom. The van der Waals surface area contributed by atoms with Crippen molar-refractivity contribution >= 4 is 74.3 Å². The maximum atomic E-state index is 12.2. The number of hydrogen-bond donors (Lipinski definition) is 4. The van der Waals surface area contributed by atoms with Crippen molar-refractivity contribution in [3.63, 3.8) is 0 Å². The minimum Gasteiger partial charge on any atom is -0.465 e. The Morgan fingerprint density at radius 3 is 2.29 bits per heavy atom. The lowest BCUT2D eigenvalue weighted by Crippen LogP contribution is -2.45. The third-order valence-electron chi connectivity index (χ3n) is 4.03. The van der Waals surface area contributed by atoms with Gasteiger partial charge in [0.05, 0.1) is 12.7 Å². The van der Waals surface area contributed by atoms with Gasteiger partial charge < -0.3 is 15.4 Å². The minimum atomic E-state index is -0.436. The van der Waals surface area contributed by atoms with Gasteiger partial charge in [0.25, 0.3) is 0 Å². The summed E-state index contributed by atoms with van der Waals surface area (Å²) in [5.41, 5.74) is 7.94. The van der Waals surface area contributed by atoms with Gasteiger partial charge in [0.1, 0.15) is 5.00 Å². The average Bonchev–Trinajstić information content (AvgIpc) is 3.16. The Hall–Kier alpha value is -2.72. The number of carbonyl (C=O) groups is 1. The molecule has 31 heavy (non-hydrogen) atoms. The number of methoxy groups -OCH3 is 1. The molecule has 0 aliphatic carbocycles. The van der Waals surface area contributed by atoms with E-state index in [1.165, 1.54) is 18.4 Å². The van der Waals surface area contributed by atoms with Crippen LogP contribution in [0.2, 0.25) is 5.02 Å². The van der Waals surface area contributed by atoms with Gasteiger partial charge in [-0.25, -0.2) is 4.79 Å². The van der Waals surface area contributed by atoms with Gasteiger partial charge in [0.15, 0.2) is 10.2 Å². The predicted molar refractivity (Wildman–Crippen MR) is 135 cm³/mol. The fourth-order valence-corrected chi connectivity index (χ4v) is 4.22. The van der Waals surface area contributed by atoms with Gasteiger partial charge in [-0.1, -0.05) is 41.9 Å². The van der Waals surface area contributed by atoms with E-state index in [0.717, 1.165) is 16.1 Å². The maximum Gasteiger partial charge on any atom is 0.340 e. The molecule has 0 aliphatic rings. The molecule has 0 unspecified atom stereocenters. The van der Waals surface area contributed by atoms with Gasteiger partial charge >= 0.3 is 5.97 Å². The fourth-order valence-electron chi connectivity index (χ4n) is 2.62. The first-order chi connectivity index (χ1) is 14.9. The number of thiocarbonyl (C=S) groups is 2. The molecule has 0 aliphatic heterocycles. The monoisotopic (exact) mass is 490 g/mol. The Balaban J connectivity index is 1.60. The van der Waals surface area contributed by atoms with Crippen molar-refractivity contribution in [1.82, 2.24) is 10.9 Å². The van der Waals surface area contributed by atoms with E-state index in [2.05, 4.69) is 21.5 Å². The van der Waals surface area contributed by atoms with Crippen molar-refractivity contribution in [2.45, 2.75) is 6.42 Å². The average molecular weight is 491 g/mol. The van der Waals surface area contributed by atoms with Crippen molar-refractivity contribution in [1.29, 1.82) is 0 Å². The molecule has 2 aromatic carbocycles. The van der Waals surface area contributed by atoms with Crippen LogP contribution in [0.25, 0.3) is 0 Å². The number of ether oxygens (including phenoxy) is 1. The Bertz CT molecular complexity index is 1070. The molecule has 0 amide bonds. The summed E-state index contributed by atoms with van der Waals surface area (Å²) in [5.74, 6) is -0.436. The number of nitrogens with one attached hydrogen (secondary N) is 4. The van der Waals surface area contributed by atoms with Crippen LogP contribution in [0.1, 0.15) is 20.8 Å². The molecule has 0 bridgehead atoms. The normalized spacial score (nSPS) is 10.1. The first-order valence-electron chi connectivity index (χ1n) is 9.09. The molecule has 3 rings (SSSR count). The highest BCUT2D eigenvalue weighted by atomic mass is 35.5. The van der Waals surface area contributed by atoms with Crippen LogP contribution in [0.15, 0.2) is 60.7 Å². The second-order valence-corrected chi connectivity index (χ2v) is 8.66. The summed E-state index contributed by atoms with van der Waals surface area (Å²) in [6.45, 7) is 0. The number of hydrogen-bond acceptors (Lipinski definition) is 5.